The van der Waals surface area contributed by atoms with Crippen molar-refractivity contribution in [1.29, 1.82) is 0 Å². The zero-order valence-electron chi connectivity index (χ0n) is 25.7. The van der Waals surface area contributed by atoms with E-state index in [9.17, 15) is 19.2 Å². The topological polar surface area (TPSA) is 84.0 Å². The summed E-state index contributed by atoms with van der Waals surface area (Å²) in [6.45, 7) is 0. The van der Waals surface area contributed by atoms with Crippen molar-refractivity contribution < 1.29 is 23.9 Å². The normalized spacial score (nSPS) is 25.2. The molecule has 5 aromatic rings. The molecule has 2 bridgehead atoms. The van der Waals surface area contributed by atoms with Crippen LogP contribution in [0, 0.1) is 11.8 Å². The van der Waals surface area contributed by atoms with E-state index in [4.69, 9.17) is 4.74 Å². The average Bonchev–Trinajstić information content (AvgIpc) is 3.83. The Hall–Kier alpha value is -5.92. The van der Waals surface area contributed by atoms with E-state index in [-0.39, 0.29) is 23.6 Å². The summed E-state index contributed by atoms with van der Waals surface area (Å²) in [6.07, 6.45) is 3.12. The van der Waals surface area contributed by atoms with Gasteiger partial charge in [0.1, 0.15) is 11.2 Å². The van der Waals surface area contributed by atoms with Crippen molar-refractivity contribution in [3.8, 4) is 0 Å². The molecule has 0 spiro atoms. The molecular formula is C41H28N2O5. The van der Waals surface area contributed by atoms with E-state index in [0.29, 0.717) is 17.8 Å². The highest BCUT2D eigenvalue weighted by Crippen LogP contribution is 2.70. The molecule has 0 aliphatic carbocycles. The summed E-state index contributed by atoms with van der Waals surface area (Å²) in [4.78, 5) is 56.0. The number of hydrogen-bond donors (Lipinski definition) is 0. The maximum Gasteiger partial charge on any atom is 0.258 e. The molecule has 7 heteroatoms. The smallest absolute Gasteiger partial charge is 0.258 e. The first-order valence-corrected chi connectivity index (χ1v) is 16.0. The number of hydrogen-bond acceptors (Lipinski definition) is 5. The quantitative estimate of drug-likeness (QED) is 0.214. The number of ether oxygens (including phenoxy) is 1. The Morgan fingerprint density at radius 1 is 0.479 bits per heavy atom. The third kappa shape index (κ3) is 3.73. The second-order valence-corrected chi connectivity index (χ2v) is 12.7. The number of amides is 4. The van der Waals surface area contributed by atoms with Crippen LogP contribution in [0.25, 0.3) is 0 Å². The van der Waals surface area contributed by atoms with Crippen LogP contribution < -0.4 is 9.80 Å². The minimum absolute atomic E-state index is 0.273. The molecule has 4 heterocycles. The number of benzene rings is 5. The fraction of sp³-hybridized carbons (Fsp3) is 0.122. The number of anilines is 2. The Morgan fingerprint density at radius 3 is 1.31 bits per heavy atom. The van der Waals surface area contributed by atoms with Crippen LogP contribution in [0.3, 0.4) is 0 Å². The second-order valence-electron chi connectivity index (χ2n) is 12.7. The number of nitrogens with zero attached hydrogens (tertiary/aromatic N) is 2. The number of fused-ring (bicyclic) bond motifs is 8. The maximum atomic E-state index is 14.7. The van der Waals surface area contributed by atoms with E-state index in [1.807, 2.05) is 121 Å². The summed E-state index contributed by atoms with van der Waals surface area (Å²) in [5, 5.41) is 0. The molecule has 0 aromatic heterocycles. The van der Waals surface area contributed by atoms with Crippen LogP contribution in [-0.2, 0) is 41.5 Å². The van der Waals surface area contributed by atoms with Crippen LogP contribution in [-0.4, -0.2) is 23.6 Å². The first-order valence-electron chi connectivity index (χ1n) is 16.0. The largest absolute Gasteiger partial charge is 0.348 e. The van der Waals surface area contributed by atoms with Crippen LogP contribution >= 0.6 is 0 Å². The van der Waals surface area contributed by atoms with Gasteiger partial charge in [0, 0.05) is 12.2 Å². The average molecular weight is 629 g/mol. The Bertz CT molecular complexity index is 2070. The fourth-order valence-corrected chi connectivity index (χ4v) is 8.28. The Morgan fingerprint density at radius 2 is 0.875 bits per heavy atom. The molecule has 4 aliphatic rings. The Balaban J connectivity index is 1.07. The van der Waals surface area contributed by atoms with Crippen molar-refractivity contribution in [2.45, 2.75) is 17.6 Å². The molecule has 4 atom stereocenters. The lowest BCUT2D eigenvalue weighted by Crippen LogP contribution is -2.42. The number of imide groups is 2. The summed E-state index contributed by atoms with van der Waals surface area (Å²) >= 11 is 0. The minimum atomic E-state index is -1.13. The molecule has 232 valence electrons. The van der Waals surface area contributed by atoms with Crippen molar-refractivity contribution >= 4 is 35.0 Å². The monoisotopic (exact) mass is 628 g/mol. The summed E-state index contributed by atoms with van der Waals surface area (Å²) in [5.41, 5.74) is 4.28. The third-order valence-electron chi connectivity index (χ3n) is 10.2. The highest BCUT2D eigenvalue weighted by molar-refractivity contribution is 6.28. The summed E-state index contributed by atoms with van der Waals surface area (Å²) in [7, 11) is 0. The van der Waals surface area contributed by atoms with Gasteiger partial charge in [-0.1, -0.05) is 109 Å². The predicted molar refractivity (Wildman–Crippen MR) is 179 cm³/mol. The summed E-state index contributed by atoms with van der Waals surface area (Å²) in [6, 6.07) is 42.4. The lowest BCUT2D eigenvalue weighted by Gasteiger charge is -2.34. The first-order chi connectivity index (χ1) is 23.4. The van der Waals surface area contributed by atoms with E-state index >= 15 is 0 Å². The second kappa shape index (κ2) is 10.3. The molecule has 7 nitrogen and oxygen atoms in total. The van der Waals surface area contributed by atoms with Crippen LogP contribution in [0.2, 0.25) is 0 Å². The van der Waals surface area contributed by atoms with E-state index in [2.05, 4.69) is 0 Å². The van der Waals surface area contributed by atoms with Crippen molar-refractivity contribution in [3.05, 3.63) is 179 Å². The Kier molecular flexibility index (Phi) is 6.07. The van der Waals surface area contributed by atoms with E-state index in [0.717, 1.165) is 38.3 Å². The predicted octanol–water partition coefficient (Wildman–Crippen LogP) is 6.04. The lowest BCUT2D eigenvalue weighted by molar-refractivity contribution is -0.131. The molecule has 2 saturated heterocycles. The highest BCUT2D eigenvalue weighted by Gasteiger charge is 2.78. The maximum absolute atomic E-state index is 14.7. The molecule has 9 rings (SSSR count). The Labute approximate surface area is 276 Å². The van der Waals surface area contributed by atoms with Gasteiger partial charge < -0.3 is 4.74 Å². The molecule has 5 aromatic carbocycles. The van der Waals surface area contributed by atoms with E-state index in [1.165, 1.54) is 17.1 Å². The van der Waals surface area contributed by atoms with Crippen LogP contribution in [0.4, 0.5) is 11.4 Å². The molecule has 0 N–H and O–H groups in total. The molecule has 4 aliphatic heterocycles. The van der Waals surface area contributed by atoms with Crippen molar-refractivity contribution in [3.63, 3.8) is 0 Å². The van der Waals surface area contributed by atoms with Gasteiger partial charge in [-0.25, -0.2) is 9.80 Å². The van der Waals surface area contributed by atoms with Gasteiger partial charge in [0.05, 0.1) is 23.2 Å². The number of carbonyl (C=O) groups is 4. The number of rotatable bonds is 6. The molecule has 2 fully saturated rings. The van der Waals surface area contributed by atoms with E-state index < -0.39 is 23.0 Å². The summed E-state index contributed by atoms with van der Waals surface area (Å²) < 4.78 is 7.21. The molecule has 0 saturated carbocycles. The van der Waals surface area contributed by atoms with Crippen LogP contribution in [0.5, 0.6) is 0 Å². The van der Waals surface area contributed by atoms with Gasteiger partial charge in [0.25, 0.3) is 11.8 Å². The van der Waals surface area contributed by atoms with Gasteiger partial charge in [-0.15, -0.1) is 0 Å². The van der Waals surface area contributed by atoms with Gasteiger partial charge >= 0.3 is 0 Å². The van der Waals surface area contributed by atoms with Crippen molar-refractivity contribution in [2.24, 2.45) is 11.8 Å². The molecule has 48 heavy (non-hydrogen) atoms. The zero-order valence-corrected chi connectivity index (χ0v) is 25.7. The van der Waals surface area contributed by atoms with Crippen LogP contribution in [0.15, 0.2) is 146 Å². The van der Waals surface area contributed by atoms with Crippen molar-refractivity contribution in [1.82, 2.24) is 0 Å². The summed E-state index contributed by atoms with van der Waals surface area (Å²) in [5.74, 6) is -2.77. The fourth-order valence-electron chi connectivity index (χ4n) is 8.28. The van der Waals surface area contributed by atoms with Crippen molar-refractivity contribution in [2.75, 3.05) is 9.80 Å². The van der Waals surface area contributed by atoms with E-state index in [1.54, 1.807) is 12.1 Å². The molecular weight excluding hydrogens is 600 g/mol. The molecule has 0 radical (unpaired) electrons. The lowest BCUT2D eigenvalue weighted by atomic mass is 9.61. The molecule has 4 amide bonds. The van der Waals surface area contributed by atoms with Gasteiger partial charge in [0.2, 0.25) is 11.8 Å². The van der Waals surface area contributed by atoms with Crippen LogP contribution in [0.1, 0.15) is 33.4 Å². The molecule has 4 unspecified atom stereocenters. The van der Waals surface area contributed by atoms with Gasteiger partial charge in [-0.05, 0) is 64.1 Å². The van der Waals surface area contributed by atoms with Gasteiger partial charge in [-0.2, -0.15) is 0 Å². The zero-order chi connectivity index (χ0) is 32.6. The highest BCUT2D eigenvalue weighted by atomic mass is 16.5. The van der Waals surface area contributed by atoms with Gasteiger partial charge in [-0.3, -0.25) is 19.2 Å². The number of carbonyl (C=O) groups excluding carboxylic acids is 4. The minimum Gasteiger partial charge on any atom is -0.348 e. The SMILES string of the molecule is O=C1C=CC(=O)N1c1ccc(Cc2ccc(N3C(=O)C4C(C3=O)C3(c5ccccc5)OC4(c4ccccc4)c4ccccc43)cc2)cc1. The third-order valence-corrected chi connectivity index (χ3v) is 10.2. The standard InChI is InChI=1S/C41H28N2O5/c44-34-23-24-35(45)42(34)30-19-15-26(16-20-30)25-27-17-21-31(22-18-27)43-38(46)36-37(39(43)47)41(29-11-5-2-6-12-29)33-14-8-7-13-32(33)40(36,48-41)28-9-3-1-4-10-28/h1-24,36-37H,25H2. The van der Waals surface area contributed by atoms with Gasteiger partial charge in [0.15, 0.2) is 0 Å². The first kappa shape index (κ1) is 28.3.